The molecule has 2 aromatic carbocycles. The zero-order valence-corrected chi connectivity index (χ0v) is 14.5. The van der Waals surface area contributed by atoms with Crippen molar-refractivity contribution in [3.63, 3.8) is 0 Å². The van der Waals surface area contributed by atoms with Crippen molar-refractivity contribution in [3.05, 3.63) is 54.1 Å². The molecule has 2 aromatic rings. The summed E-state index contributed by atoms with van der Waals surface area (Å²) in [6, 6.07) is 15.1. The van der Waals surface area contributed by atoms with Crippen LogP contribution in [0.5, 0.6) is 11.5 Å². The van der Waals surface area contributed by atoms with Gasteiger partial charge in [0.25, 0.3) is 5.91 Å². The number of carbonyl (C=O) groups excluding carboxylic acids is 1. The van der Waals surface area contributed by atoms with Gasteiger partial charge in [0.1, 0.15) is 11.5 Å². The number of nitrogens with one attached hydrogen (secondary N) is 1. The third-order valence-corrected chi connectivity index (χ3v) is 3.57. The average Bonchev–Trinajstić information content (AvgIpc) is 2.56. The van der Waals surface area contributed by atoms with Crippen molar-refractivity contribution < 1.29 is 14.3 Å². The highest BCUT2D eigenvalue weighted by molar-refractivity contribution is 5.95. The molecule has 0 bridgehead atoms. The molecule has 0 aliphatic rings. The van der Waals surface area contributed by atoms with E-state index in [4.69, 9.17) is 9.47 Å². The maximum absolute atomic E-state index is 12.4. The van der Waals surface area contributed by atoms with Crippen molar-refractivity contribution in [1.29, 1.82) is 0 Å². The van der Waals surface area contributed by atoms with Gasteiger partial charge in [0.2, 0.25) is 0 Å². The molecule has 24 heavy (non-hydrogen) atoms. The van der Waals surface area contributed by atoms with Gasteiger partial charge in [0, 0.05) is 0 Å². The number of anilines is 1. The SMILES string of the molecule is CCCCOc1ccccc1NC(=O)C(C)Oc1cccc(C)c1. The molecule has 1 atom stereocenters. The molecule has 4 heteroatoms. The molecule has 1 N–H and O–H groups in total. The van der Waals surface area contributed by atoms with Gasteiger partial charge in [0.15, 0.2) is 6.10 Å². The number of rotatable bonds is 8. The van der Waals surface area contributed by atoms with E-state index in [1.807, 2.05) is 55.5 Å². The Labute approximate surface area is 143 Å². The summed E-state index contributed by atoms with van der Waals surface area (Å²) >= 11 is 0. The molecule has 1 amide bonds. The van der Waals surface area contributed by atoms with Gasteiger partial charge >= 0.3 is 0 Å². The average molecular weight is 327 g/mol. The molecule has 0 heterocycles. The number of hydrogen-bond donors (Lipinski definition) is 1. The van der Waals surface area contributed by atoms with Crippen molar-refractivity contribution in [1.82, 2.24) is 0 Å². The second-order valence-corrected chi connectivity index (χ2v) is 5.76. The van der Waals surface area contributed by atoms with E-state index in [1.165, 1.54) is 0 Å². The number of hydrogen-bond acceptors (Lipinski definition) is 3. The second-order valence-electron chi connectivity index (χ2n) is 5.76. The molecule has 0 fully saturated rings. The monoisotopic (exact) mass is 327 g/mol. The smallest absolute Gasteiger partial charge is 0.265 e. The van der Waals surface area contributed by atoms with Crippen LogP contribution < -0.4 is 14.8 Å². The summed E-state index contributed by atoms with van der Waals surface area (Å²) in [7, 11) is 0. The van der Waals surface area contributed by atoms with E-state index < -0.39 is 6.10 Å². The minimum absolute atomic E-state index is 0.206. The molecule has 0 saturated heterocycles. The van der Waals surface area contributed by atoms with Crippen LogP contribution in [0.3, 0.4) is 0 Å². The fraction of sp³-hybridized carbons (Fsp3) is 0.350. The lowest BCUT2D eigenvalue weighted by molar-refractivity contribution is -0.122. The summed E-state index contributed by atoms with van der Waals surface area (Å²) in [5.74, 6) is 1.16. The number of carbonyl (C=O) groups is 1. The standard InChI is InChI=1S/C20H25NO3/c1-4-5-13-23-19-12-7-6-11-18(19)21-20(22)16(3)24-17-10-8-9-15(2)14-17/h6-12,14,16H,4-5,13H2,1-3H3,(H,21,22). The third-order valence-electron chi connectivity index (χ3n) is 3.57. The van der Waals surface area contributed by atoms with Gasteiger partial charge in [-0.15, -0.1) is 0 Å². The highest BCUT2D eigenvalue weighted by Gasteiger charge is 2.16. The van der Waals surface area contributed by atoms with Gasteiger partial charge in [-0.2, -0.15) is 0 Å². The molecule has 0 radical (unpaired) electrons. The molecular weight excluding hydrogens is 302 g/mol. The number of aryl methyl sites for hydroxylation is 1. The highest BCUT2D eigenvalue weighted by atomic mass is 16.5. The lowest BCUT2D eigenvalue weighted by Gasteiger charge is -2.17. The van der Waals surface area contributed by atoms with Crippen molar-refractivity contribution in [3.8, 4) is 11.5 Å². The number of ether oxygens (including phenoxy) is 2. The van der Waals surface area contributed by atoms with Crippen molar-refractivity contribution in [2.24, 2.45) is 0 Å². The molecule has 0 saturated carbocycles. The molecule has 1 unspecified atom stereocenters. The van der Waals surface area contributed by atoms with Crippen molar-refractivity contribution in [2.45, 2.75) is 39.7 Å². The van der Waals surface area contributed by atoms with E-state index in [0.29, 0.717) is 23.8 Å². The predicted octanol–water partition coefficient (Wildman–Crippen LogP) is 4.58. The minimum Gasteiger partial charge on any atom is -0.491 e. The lowest BCUT2D eigenvalue weighted by atomic mass is 10.2. The topological polar surface area (TPSA) is 47.6 Å². The Hall–Kier alpha value is -2.49. The van der Waals surface area contributed by atoms with Crippen LogP contribution in [0.25, 0.3) is 0 Å². The third kappa shape index (κ3) is 5.30. The Balaban J connectivity index is 1.98. The van der Waals surface area contributed by atoms with E-state index in [1.54, 1.807) is 6.92 Å². The molecule has 128 valence electrons. The zero-order valence-electron chi connectivity index (χ0n) is 14.5. The Kier molecular flexibility index (Phi) is 6.67. The van der Waals surface area contributed by atoms with E-state index in [0.717, 1.165) is 18.4 Å². The molecule has 0 aliphatic carbocycles. The number of benzene rings is 2. The van der Waals surface area contributed by atoms with Crippen LogP contribution in [0.1, 0.15) is 32.3 Å². The molecule has 2 rings (SSSR count). The second kappa shape index (κ2) is 8.96. The molecule has 0 aromatic heterocycles. The maximum Gasteiger partial charge on any atom is 0.265 e. The zero-order chi connectivity index (χ0) is 17.4. The van der Waals surface area contributed by atoms with E-state index in [9.17, 15) is 4.79 Å². The first-order valence-corrected chi connectivity index (χ1v) is 8.36. The van der Waals surface area contributed by atoms with Crippen LogP contribution in [0.4, 0.5) is 5.69 Å². The first-order chi connectivity index (χ1) is 11.6. The van der Waals surface area contributed by atoms with Gasteiger partial charge in [-0.1, -0.05) is 37.6 Å². The van der Waals surface area contributed by atoms with Crippen LogP contribution in [0.15, 0.2) is 48.5 Å². The van der Waals surface area contributed by atoms with Gasteiger partial charge in [-0.05, 0) is 50.1 Å². The Morgan fingerprint density at radius 3 is 2.71 bits per heavy atom. The van der Waals surface area contributed by atoms with Crippen molar-refractivity contribution >= 4 is 11.6 Å². The van der Waals surface area contributed by atoms with E-state index in [2.05, 4.69) is 12.2 Å². The summed E-state index contributed by atoms with van der Waals surface area (Å²) in [6.45, 7) is 6.47. The van der Waals surface area contributed by atoms with Crippen LogP contribution >= 0.6 is 0 Å². The molecule has 0 spiro atoms. The summed E-state index contributed by atoms with van der Waals surface area (Å²) in [5.41, 5.74) is 1.76. The largest absolute Gasteiger partial charge is 0.491 e. The fourth-order valence-corrected chi connectivity index (χ4v) is 2.20. The fourth-order valence-electron chi connectivity index (χ4n) is 2.20. The van der Waals surface area contributed by atoms with Crippen LogP contribution in [0.2, 0.25) is 0 Å². The van der Waals surface area contributed by atoms with Gasteiger partial charge in [-0.25, -0.2) is 0 Å². The normalized spacial score (nSPS) is 11.6. The van der Waals surface area contributed by atoms with Gasteiger partial charge < -0.3 is 14.8 Å². The van der Waals surface area contributed by atoms with E-state index in [-0.39, 0.29) is 5.91 Å². The first-order valence-electron chi connectivity index (χ1n) is 8.36. The van der Waals surface area contributed by atoms with Crippen molar-refractivity contribution in [2.75, 3.05) is 11.9 Å². The molecular formula is C20H25NO3. The summed E-state index contributed by atoms with van der Waals surface area (Å²) < 4.78 is 11.5. The summed E-state index contributed by atoms with van der Waals surface area (Å²) in [5, 5.41) is 2.88. The Morgan fingerprint density at radius 2 is 1.96 bits per heavy atom. The quantitative estimate of drug-likeness (QED) is 0.722. The highest BCUT2D eigenvalue weighted by Crippen LogP contribution is 2.24. The number of para-hydroxylation sites is 2. The predicted molar refractivity (Wildman–Crippen MR) is 96.7 cm³/mol. The Bertz CT molecular complexity index is 669. The number of amides is 1. The number of unbranched alkanes of at least 4 members (excludes halogenated alkanes) is 1. The van der Waals surface area contributed by atoms with Crippen LogP contribution in [-0.4, -0.2) is 18.6 Å². The summed E-state index contributed by atoms with van der Waals surface area (Å²) in [4.78, 5) is 12.4. The first kappa shape index (κ1) is 17.9. The van der Waals surface area contributed by atoms with Gasteiger partial charge in [-0.3, -0.25) is 4.79 Å². The van der Waals surface area contributed by atoms with Crippen LogP contribution in [0, 0.1) is 6.92 Å². The minimum atomic E-state index is -0.601. The van der Waals surface area contributed by atoms with Gasteiger partial charge in [0.05, 0.1) is 12.3 Å². The van der Waals surface area contributed by atoms with Crippen LogP contribution in [-0.2, 0) is 4.79 Å². The Morgan fingerprint density at radius 1 is 1.17 bits per heavy atom. The molecule has 0 aliphatic heterocycles. The lowest BCUT2D eigenvalue weighted by Crippen LogP contribution is -2.30. The molecule has 4 nitrogen and oxygen atoms in total. The van der Waals surface area contributed by atoms with E-state index >= 15 is 0 Å². The summed E-state index contributed by atoms with van der Waals surface area (Å²) in [6.07, 6.45) is 1.45. The maximum atomic E-state index is 12.4.